The van der Waals surface area contributed by atoms with Crippen molar-refractivity contribution in [2.75, 3.05) is 6.61 Å². The summed E-state index contributed by atoms with van der Waals surface area (Å²) < 4.78 is 5.10. The van der Waals surface area contributed by atoms with E-state index in [2.05, 4.69) is 0 Å². The fourth-order valence-electron chi connectivity index (χ4n) is 0.387. The van der Waals surface area contributed by atoms with Gasteiger partial charge in [-0.1, -0.05) is 6.92 Å². The molecule has 0 amide bonds. The largest absolute Gasteiger partial charge is 0.367 e. The first kappa shape index (κ1) is 8.63. The van der Waals surface area contributed by atoms with Gasteiger partial charge in [-0.15, -0.1) is 0 Å². The summed E-state index contributed by atoms with van der Waals surface area (Å²) in [4.78, 5) is 10.1. The van der Waals surface area contributed by atoms with Gasteiger partial charge in [-0.25, -0.2) is 0 Å². The summed E-state index contributed by atoms with van der Waals surface area (Å²) in [5.41, 5.74) is -0.712. The van der Waals surface area contributed by atoms with Crippen LogP contribution in [0.4, 0.5) is 0 Å². The molecule has 0 atom stereocenters. The van der Waals surface area contributed by atoms with E-state index in [0.717, 1.165) is 6.42 Å². The molecule has 0 bridgehead atoms. The molecule has 0 aliphatic rings. The lowest BCUT2D eigenvalue weighted by atomic mass is 10.2. The topological polar surface area (TPSA) is 26.3 Å². The molecule has 0 rings (SSSR count). The summed E-state index contributed by atoms with van der Waals surface area (Å²) in [6.07, 6.45) is 2.74. The molecule has 53 valence electrons. The molecule has 0 aliphatic heterocycles. The molecule has 0 aromatic carbocycles. The highest BCUT2D eigenvalue weighted by molar-refractivity contribution is 5.61. The first-order valence-corrected chi connectivity index (χ1v) is 3.15. The van der Waals surface area contributed by atoms with E-state index >= 15 is 0 Å². The Morgan fingerprint density at radius 1 is 1.56 bits per heavy atom. The summed E-state index contributed by atoms with van der Waals surface area (Å²) in [7, 11) is 0. The van der Waals surface area contributed by atoms with Gasteiger partial charge in [-0.2, -0.15) is 0 Å². The highest BCUT2D eigenvalue weighted by Gasteiger charge is 2.16. The van der Waals surface area contributed by atoms with Gasteiger partial charge in [0.05, 0.1) is 0 Å². The van der Waals surface area contributed by atoms with E-state index in [1.165, 1.54) is 0 Å². The molecule has 2 heteroatoms. The lowest BCUT2D eigenvalue weighted by molar-refractivity contribution is 0.0333. The van der Waals surface area contributed by atoms with Crippen LogP contribution in [0, 0.1) is 0 Å². The number of ether oxygens (including phenoxy) is 1. The normalized spacial score (nSPS) is 11.4. The second-order valence-electron chi connectivity index (χ2n) is 2.46. The number of rotatable bonds is 4. The Bertz CT molecular complexity index is 86.9. The Morgan fingerprint density at radius 2 is 2.11 bits per heavy atom. The van der Waals surface area contributed by atoms with Gasteiger partial charge in [-0.3, -0.25) is 4.79 Å². The fraction of sp³-hybridized carbons (Fsp3) is 0.857. The van der Waals surface area contributed by atoms with Gasteiger partial charge in [0.25, 0.3) is 0 Å². The molecule has 0 fully saturated rings. The minimum atomic E-state index is -0.712. The van der Waals surface area contributed by atoms with Gasteiger partial charge >= 0.3 is 0 Å². The maximum atomic E-state index is 10.1. The Balaban J connectivity index is 3.45. The first-order chi connectivity index (χ1) is 4.12. The van der Waals surface area contributed by atoms with E-state index in [0.29, 0.717) is 6.61 Å². The van der Waals surface area contributed by atoms with Crippen molar-refractivity contribution >= 4 is 6.29 Å². The molecular formula is C7H13O2. The summed E-state index contributed by atoms with van der Waals surface area (Å²) in [5.74, 6) is 0. The van der Waals surface area contributed by atoms with Gasteiger partial charge in [0, 0.05) is 6.61 Å². The van der Waals surface area contributed by atoms with Crippen molar-refractivity contribution in [1.82, 2.24) is 0 Å². The van der Waals surface area contributed by atoms with Crippen molar-refractivity contribution in [2.45, 2.75) is 32.8 Å². The molecular weight excluding hydrogens is 116 g/mol. The van der Waals surface area contributed by atoms with Gasteiger partial charge in [0.2, 0.25) is 6.29 Å². The zero-order valence-electron chi connectivity index (χ0n) is 6.23. The van der Waals surface area contributed by atoms with Crippen molar-refractivity contribution < 1.29 is 9.53 Å². The minimum absolute atomic E-state index is 0.627. The molecule has 0 spiro atoms. The van der Waals surface area contributed by atoms with Gasteiger partial charge in [0.1, 0.15) is 5.60 Å². The van der Waals surface area contributed by atoms with Gasteiger partial charge in [0.15, 0.2) is 0 Å². The van der Waals surface area contributed by atoms with Gasteiger partial charge in [-0.05, 0) is 20.3 Å². The second kappa shape index (κ2) is 3.62. The lowest BCUT2D eigenvalue weighted by Crippen LogP contribution is -2.26. The molecule has 0 aromatic heterocycles. The Kier molecular flexibility index (Phi) is 3.47. The molecule has 0 saturated carbocycles. The third-order valence-corrected chi connectivity index (χ3v) is 0.913. The van der Waals surface area contributed by atoms with Crippen LogP contribution in [0.1, 0.15) is 27.2 Å². The fourth-order valence-corrected chi connectivity index (χ4v) is 0.387. The predicted octanol–water partition coefficient (Wildman–Crippen LogP) is 1.30. The Morgan fingerprint density at radius 3 is 2.44 bits per heavy atom. The van der Waals surface area contributed by atoms with Gasteiger partial charge < -0.3 is 4.74 Å². The Labute approximate surface area is 56.2 Å². The third-order valence-electron chi connectivity index (χ3n) is 0.913. The standard InChI is InChI=1S/C7H13O2/c1-4-5-9-7(2,3)6-8/h4-5H2,1-3H3. The maximum absolute atomic E-state index is 10.1. The lowest BCUT2D eigenvalue weighted by Gasteiger charge is -2.15. The summed E-state index contributed by atoms with van der Waals surface area (Å²) in [6, 6.07) is 0. The molecule has 2 nitrogen and oxygen atoms in total. The summed E-state index contributed by atoms with van der Waals surface area (Å²) >= 11 is 0. The molecule has 0 N–H and O–H groups in total. The van der Waals surface area contributed by atoms with Crippen LogP contribution in [0.15, 0.2) is 0 Å². The van der Waals surface area contributed by atoms with Crippen molar-refractivity contribution in [3.05, 3.63) is 0 Å². The van der Waals surface area contributed by atoms with Crippen LogP contribution in [0.25, 0.3) is 0 Å². The number of hydrogen-bond acceptors (Lipinski definition) is 2. The Hall–Kier alpha value is -0.370. The molecule has 9 heavy (non-hydrogen) atoms. The van der Waals surface area contributed by atoms with Crippen LogP contribution >= 0.6 is 0 Å². The van der Waals surface area contributed by atoms with Crippen LogP contribution < -0.4 is 0 Å². The summed E-state index contributed by atoms with van der Waals surface area (Å²) in [6.45, 7) is 6.04. The van der Waals surface area contributed by atoms with Crippen LogP contribution in [-0.4, -0.2) is 18.5 Å². The summed E-state index contributed by atoms with van der Waals surface area (Å²) in [5, 5.41) is 0. The highest BCUT2D eigenvalue weighted by Crippen LogP contribution is 2.04. The van der Waals surface area contributed by atoms with Crippen LogP contribution in [0.2, 0.25) is 0 Å². The van der Waals surface area contributed by atoms with E-state index in [-0.39, 0.29) is 0 Å². The highest BCUT2D eigenvalue weighted by atomic mass is 16.5. The minimum Gasteiger partial charge on any atom is -0.367 e. The SMILES string of the molecule is CCCOC(C)(C)[C]=O. The third kappa shape index (κ3) is 4.15. The van der Waals surface area contributed by atoms with E-state index in [4.69, 9.17) is 4.74 Å². The van der Waals surface area contributed by atoms with Crippen molar-refractivity contribution in [2.24, 2.45) is 0 Å². The average molecular weight is 129 g/mol. The molecule has 0 unspecified atom stereocenters. The molecule has 0 aromatic rings. The quantitative estimate of drug-likeness (QED) is 0.572. The van der Waals surface area contributed by atoms with Crippen LogP contribution in [0.5, 0.6) is 0 Å². The maximum Gasteiger partial charge on any atom is 0.232 e. The zero-order valence-corrected chi connectivity index (χ0v) is 6.23. The smallest absolute Gasteiger partial charge is 0.232 e. The number of hydrogen-bond donors (Lipinski definition) is 0. The number of carbonyl (C=O) groups excluding carboxylic acids is 1. The monoisotopic (exact) mass is 129 g/mol. The van der Waals surface area contributed by atoms with E-state index < -0.39 is 5.60 Å². The van der Waals surface area contributed by atoms with Crippen molar-refractivity contribution in [3.63, 3.8) is 0 Å². The van der Waals surface area contributed by atoms with Crippen molar-refractivity contribution in [1.29, 1.82) is 0 Å². The van der Waals surface area contributed by atoms with Crippen LogP contribution in [0.3, 0.4) is 0 Å². The molecule has 0 heterocycles. The first-order valence-electron chi connectivity index (χ1n) is 3.15. The van der Waals surface area contributed by atoms with E-state index in [9.17, 15) is 4.79 Å². The van der Waals surface area contributed by atoms with E-state index in [1.54, 1.807) is 20.1 Å². The zero-order chi connectivity index (χ0) is 7.33. The second-order valence-corrected chi connectivity index (χ2v) is 2.46. The van der Waals surface area contributed by atoms with E-state index in [1.807, 2.05) is 6.92 Å². The molecule has 0 saturated heterocycles. The predicted molar refractivity (Wildman–Crippen MR) is 36.0 cm³/mol. The van der Waals surface area contributed by atoms with Crippen LogP contribution in [-0.2, 0) is 9.53 Å². The average Bonchev–Trinajstić information content (AvgIpc) is 1.84. The molecule has 0 aliphatic carbocycles. The van der Waals surface area contributed by atoms with Crippen molar-refractivity contribution in [3.8, 4) is 0 Å². The molecule has 1 radical (unpaired) electrons.